The normalized spacial score (nSPS) is 11.3. The lowest BCUT2D eigenvalue weighted by molar-refractivity contribution is -0.0281. The molecule has 0 saturated heterocycles. The van der Waals surface area contributed by atoms with E-state index in [1.54, 1.807) is 0 Å². The molecular weight excluding hydrogens is 256 g/mol. The molecule has 0 spiro atoms. The minimum Gasteiger partial charge on any atom is -0.460 e. The Morgan fingerprint density at radius 3 is 2.72 bits per heavy atom. The third kappa shape index (κ3) is 4.89. The lowest BCUT2D eigenvalue weighted by atomic mass is 10.2. The quantitative estimate of drug-likeness (QED) is 0.517. The molecule has 1 aromatic heterocycles. The van der Waals surface area contributed by atoms with Crippen LogP contribution in [0.2, 0.25) is 5.15 Å². The fourth-order valence-corrected chi connectivity index (χ4v) is 1.35. The maximum atomic E-state index is 11.7. The van der Waals surface area contributed by atoms with E-state index in [1.807, 2.05) is 20.8 Å². The van der Waals surface area contributed by atoms with Crippen molar-refractivity contribution in [1.29, 1.82) is 0 Å². The first-order valence-corrected chi connectivity index (χ1v) is 5.89. The highest BCUT2D eigenvalue weighted by Crippen LogP contribution is 2.16. The van der Waals surface area contributed by atoms with Crippen LogP contribution in [0, 0.1) is 0 Å². The van der Waals surface area contributed by atoms with Crippen LogP contribution >= 0.6 is 11.6 Å². The molecule has 6 heteroatoms. The topological polar surface area (TPSA) is 74.4 Å². The molecule has 1 rings (SSSR count). The maximum absolute atomic E-state index is 11.7. The number of ether oxygens (including phenoxy) is 2. The first kappa shape index (κ1) is 14.7. The van der Waals surface area contributed by atoms with Gasteiger partial charge in [-0.1, -0.05) is 11.6 Å². The Morgan fingerprint density at radius 2 is 2.11 bits per heavy atom. The molecule has 0 bridgehead atoms. The third-order valence-corrected chi connectivity index (χ3v) is 2.23. The molecule has 0 saturated carbocycles. The number of anilines is 1. The number of nitrogens with two attached hydrogens (primary N) is 1. The van der Waals surface area contributed by atoms with Gasteiger partial charge in [-0.05, 0) is 26.8 Å². The van der Waals surface area contributed by atoms with Crippen LogP contribution in [0.3, 0.4) is 0 Å². The molecule has 0 aliphatic carbocycles. The highest BCUT2D eigenvalue weighted by Gasteiger charge is 2.14. The van der Waals surface area contributed by atoms with E-state index < -0.39 is 5.97 Å². The number of hydrogen-bond donors (Lipinski definition) is 1. The van der Waals surface area contributed by atoms with Crippen LogP contribution in [0.5, 0.6) is 0 Å². The lowest BCUT2D eigenvalue weighted by Crippen LogP contribution is -2.22. The zero-order valence-electron chi connectivity index (χ0n) is 10.7. The van der Waals surface area contributed by atoms with Gasteiger partial charge in [-0.3, -0.25) is 0 Å². The number of esters is 1. The SMILES string of the molecule is CC(C)(C)OCCOC(=O)c1cc(N)cnc1Cl. The fraction of sp³-hybridized carbons (Fsp3) is 0.500. The Morgan fingerprint density at radius 1 is 1.44 bits per heavy atom. The highest BCUT2D eigenvalue weighted by molar-refractivity contribution is 6.32. The molecule has 0 amide bonds. The molecule has 0 aliphatic heterocycles. The van der Waals surface area contributed by atoms with E-state index in [2.05, 4.69) is 4.98 Å². The van der Waals surface area contributed by atoms with E-state index in [0.717, 1.165) is 0 Å². The summed E-state index contributed by atoms with van der Waals surface area (Å²) >= 11 is 5.78. The summed E-state index contributed by atoms with van der Waals surface area (Å²) < 4.78 is 10.4. The van der Waals surface area contributed by atoms with Gasteiger partial charge in [0.15, 0.2) is 0 Å². The number of hydrogen-bond acceptors (Lipinski definition) is 5. The smallest absolute Gasteiger partial charge is 0.341 e. The molecule has 0 fully saturated rings. The van der Waals surface area contributed by atoms with Gasteiger partial charge in [-0.15, -0.1) is 0 Å². The van der Waals surface area contributed by atoms with E-state index in [9.17, 15) is 4.79 Å². The van der Waals surface area contributed by atoms with Gasteiger partial charge in [-0.2, -0.15) is 0 Å². The molecule has 18 heavy (non-hydrogen) atoms. The molecule has 1 aromatic rings. The average molecular weight is 273 g/mol. The van der Waals surface area contributed by atoms with Crippen molar-refractivity contribution in [1.82, 2.24) is 4.98 Å². The van der Waals surface area contributed by atoms with E-state index >= 15 is 0 Å². The molecular formula is C12H17ClN2O3. The molecule has 0 unspecified atom stereocenters. The van der Waals surface area contributed by atoms with Crippen molar-refractivity contribution < 1.29 is 14.3 Å². The number of aromatic nitrogens is 1. The Balaban J connectivity index is 2.48. The highest BCUT2D eigenvalue weighted by atomic mass is 35.5. The van der Waals surface area contributed by atoms with Gasteiger partial charge in [-0.25, -0.2) is 9.78 Å². The largest absolute Gasteiger partial charge is 0.460 e. The Hall–Kier alpha value is -1.33. The van der Waals surface area contributed by atoms with Gasteiger partial charge in [0.05, 0.1) is 29.7 Å². The van der Waals surface area contributed by atoms with Crippen LogP contribution in [-0.2, 0) is 9.47 Å². The fourth-order valence-electron chi connectivity index (χ4n) is 1.17. The summed E-state index contributed by atoms with van der Waals surface area (Å²) in [5.41, 5.74) is 5.78. The van der Waals surface area contributed by atoms with E-state index in [0.29, 0.717) is 12.3 Å². The average Bonchev–Trinajstić information content (AvgIpc) is 2.26. The van der Waals surface area contributed by atoms with Crippen molar-refractivity contribution in [2.24, 2.45) is 0 Å². The van der Waals surface area contributed by atoms with Gasteiger partial charge in [0.1, 0.15) is 11.8 Å². The van der Waals surface area contributed by atoms with Crippen LogP contribution in [0.4, 0.5) is 5.69 Å². The second-order valence-corrected chi connectivity index (χ2v) is 5.06. The summed E-state index contributed by atoms with van der Waals surface area (Å²) in [5.74, 6) is -0.558. The van der Waals surface area contributed by atoms with E-state index in [4.69, 9.17) is 26.8 Å². The van der Waals surface area contributed by atoms with E-state index in [-0.39, 0.29) is 22.9 Å². The number of pyridine rings is 1. The van der Waals surface area contributed by atoms with Crippen LogP contribution in [0.25, 0.3) is 0 Å². The van der Waals surface area contributed by atoms with Gasteiger partial charge < -0.3 is 15.2 Å². The standard InChI is InChI=1S/C12H17ClN2O3/c1-12(2,3)18-5-4-17-11(16)9-6-8(14)7-15-10(9)13/h6-7H,4-5,14H2,1-3H3. The number of nitrogen functional groups attached to an aromatic ring is 1. The molecule has 0 aliphatic rings. The van der Waals surface area contributed by atoms with Crippen molar-refractivity contribution in [2.45, 2.75) is 26.4 Å². The molecule has 2 N–H and O–H groups in total. The van der Waals surface area contributed by atoms with Crippen LogP contribution in [0.1, 0.15) is 31.1 Å². The minimum atomic E-state index is -0.558. The second kappa shape index (κ2) is 6.02. The predicted molar refractivity (Wildman–Crippen MR) is 69.6 cm³/mol. The van der Waals surface area contributed by atoms with Gasteiger partial charge in [0.25, 0.3) is 0 Å². The summed E-state index contributed by atoms with van der Waals surface area (Å²) in [6.45, 7) is 6.25. The number of halogens is 1. The summed E-state index contributed by atoms with van der Waals surface area (Å²) in [6.07, 6.45) is 1.38. The number of nitrogens with zero attached hydrogens (tertiary/aromatic N) is 1. The van der Waals surface area contributed by atoms with Gasteiger partial charge >= 0.3 is 5.97 Å². The van der Waals surface area contributed by atoms with Crippen molar-refractivity contribution >= 4 is 23.3 Å². The molecule has 0 radical (unpaired) electrons. The summed E-state index contributed by atoms with van der Waals surface area (Å²) in [4.78, 5) is 15.5. The minimum absolute atomic E-state index is 0.0749. The predicted octanol–water partition coefficient (Wildman–Crippen LogP) is 2.29. The van der Waals surface area contributed by atoms with Crippen molar-refractivity contribution in [3.05, 3.63) is 23.0 Å². The molecule has 0 aromatic carbocycles. The monoisotopic (exact) mass is 272 g/mol. The molecule has 5 nitrogen and oxygen atoms in total. The Bertz CT molecular complexity index is 430. The van der Waals surface area contributed by atoms with Crippen LogP contribution in [0.15, 0.2) is 12.3 Å². The summed E-state index contributed by atoms with van der Waals surface area (Å²) in [5, 5.41) is 0.0749. The number of carbonyl (C=O) groups excluding carboxylic acids is 1. The molecule has 1 heterocycles. The summed E-state index contributed by atoms with van der Waals surface area (Å²) in [6, 6.07) is 1.43. The summed E-state index contributed by atoms with van der Waals surface area (Å²) in [7, 11) is 0. The van der Waals surface area contributed by atoms with Crippen molar-refractivity contribution in [3.8, 4) is 0 Å². The zero-order chi connectivity index (χ0) is 13.8. The Kier molecular flexibility index (Phi) is 4.93. The van der Waals surface area contributed by atoms with Crippen LogP contribution < -0.4 is 5.73 Å². The van der Waals surface area contributed by atoms with Crippen LogP contribution in [-0.4, -0.2) is 29.8 Å². The van der Waals surface area contributed by atoms with Crippen molar-refractivity contribution in [2.75, 3.05) is 18.9 Å². The number of carbonyl (C=O) groups is 1. The maximum Gasteiger partial charge on any atom is 0.341 e. The Labute approximate surface area is 111 Å². The first-order valence-electron chi connectivity index (χ1n) is 5.52. The van der Waals surface area contributed by atoms with E-state index in [1.165, 1.54) is 12.3 Å². The third-order valence-electron chi connectivity index (χ3n) is 1.93. The molecule has 0 atom stereocenters. The second-order valence-electron chi connectivity index (χ2n) is 4.70. The first-order chi connectivity index (χ1) is 8.29. The van der Waals surface area contributed by atoms with Gasteiger partial charge in [0.2, 0.25) is 0 Å². The number of rotatable bonds is 4. The van der Waals surface area contributed by atoms with Crippen molar-refractivity contribution in [3.63, 3.8) is 0 Å². The zero-order valence-corrected chi connectivity index (χ0v) is 11.5. The lowest BCUT2D eigenvalue weighted by Gasteiger charge is -2.19. The molecule has 100 valence electrons. The van der Waals surface area contributed by atoms with Gasteiger partial charge in [0, 0.05) is 0 Å².